The van der Waals surface area contributed by atoms with E-state index in [-0.39, 0.29) is 5.82 Å². The number of hydrogen-bond acceptors (Lipinski definition) is 1. The number of alkyl halides is 1. The number of rotatable bonds is 3. The van der Waals surface area contributed by atoms with Crippen molar-refractivity contribution in [1.82, 2.24) is 9.78 Å². The van der Waals surface area contributed by atoms with Gasteiger partial charge < -0.3 is 0 Å². The smallest absolute Gasteiger partial charge is 0.128 e. The van der Waals surface area contributed by atoms with Crippen molar-refractivity contribution in [2.45, 2.75) is 26.3 Å². The lowest BCUT2D eigenvalue weighted by Crippen LogP contribution is -2.06. The van der Waals surface area contributed by atoms with Gasteiger partial charge in [-0.15, -0.1) is 11.6 Å². The zero-order valence-corrected chi connectivity index (χ0v) is 11.7. The molecule has 2 rings (SSSR count). The molecular formula is C13H13Cl2FN2. The number of nitrogens with zero attached hydrogens (tertiary/aromatic N) is 2. The van der Waals surface area contributed by atoms with Crippen molar-refractivity contribution in [1.29, 1.82) is 0 Å². The van der Waals surface area contributed by atoms with Crippen LogP contribution in [0.2, 0.25) is 5.02 Å². The topological polar surface area (TPSA) is 17.8 Å². The van der Waals surface area contributed by atoms with Crippen LogP contribution in [0.15, 0.2) is 18.2 Å². The predicted octanol–water partition coefficient (Wildman–Crippen LogP) is 4.08. The fourth-order valence-electron chi connectivity index (χ4n) is 1.91. The third-order valence-electron chi connectivity index (χ3n) is 2.99. The lowest BCUT2D eigenvalue weighted by atomic mass is 10.2. The summed E-state index contributed by atoms with van der Waals surface area (Å²) in [4.78, 5) is 0. The molecule has 0 aliphatic rings. The Balaban J connectivity index is 2.37. The van der Waals surface area contributed by atoms with Crippen LogP contribution in [0.1, 0.15) is 22.5 Å². The number of aryl methyl sites for hydroxylation is 1. The zero-order valence-electron chi connectivity index (χ0n) is 10.2. The summed E-state index contributed by atoms with van der Waals surface area (Å²) in [5.41, 5.74) is 3.36. The van der Waals surface area contributed by atoms with Crippen molar-refractivity contribution in [3.8, 4) is 0 Å². The van der Waals surface area contributed by atoms with Gasteiger partial charge in [0.05, 0.1) is 18.1 Å². The second-order valence-electron chi connectivity index (χ2n) is 4.18. The molecular weight excluding hydrogens is 274 g/mol. The number of hydrogen-bond donors (Lipinski definition) is 0. The van der Waals surface area contributed by atoms with E-state index in [0.717, 1.165) is 17.0 Å². The maximum absolute atomic E-state index is 13.7. The van der Waals surface area contributed by atoms with Crippen LogP contribution in [0.25, 0.3) is 0 Å². The first-order valence-electron chi connectivity index (χ1n) is 5.55. The monoisotopic (exact) mass is 286 g/mol. The van der Waals surface area contributed by atoms with E-state index in [2.05, 4.69) is 5.10 Å². The van der Waals surface area contributed by atoms with Crippen molar-refractivity contribution in [2.75, 3.05) is 0 Å². The summed E-state index contributed by atoms with van der Waals surface area (Å²) in [7, 11) is 0. The largest absolute Gasteiger partial charge is 0.265 e. The molecule has 0 aliphatic carbocycles. The molecule has 0 amide bonds. The van der Waals surface area contributed by atoms with Crippen LogP contribution in [0, 0.1) is 19.7 Å². The Morgan fingerprint density at radius 2 is 2.06 bits per heavy atom. The molecule has 0 fully saturated rings. The Bertz CT molecular complexity index is 579. The Hall–Kier alpha value is -1.06. The molecule has 0 aliphatic heterocycles. The summed E-state index contributed by atoms with van der Waals surface area (Å²) in [6.07, 6.45) is 0. The fourth-order valence-corrected chi connectivity index (χ4v) is 2.49. The van der Waals surface area contributed by atoms with Gasteiger partial charge in [0.15, 0.2) is 0 Å². The molecule has 2 nitrogen and oxygen atoms in total. The lowest BCUT2D eigenvalue weighted by molar-refractivity contribution is 0.578. The molecule has 1 heterocycles. The van der Waals surface area contributed by atoms with Crippen LogP contribution in [0.3, 0.4) is 0 Å². The minimum absolute atomic E-state index is 0.278. The molecule has 0 radical (unpaired) electrons. The Morgan fingerprint density at radius 1 is 1.33 bits per heavy atom. The molecule has 0 saturated heterocycles. The van der Waals surface area contributed by atoms with Crippen LogP contribution < -0.4 is 0 Å². The van der Waals surface area contributed by atoms with Crippen molar-refractivity contribution < 1.29 is 4.39 Å². The normalized spacial score (nSPS) is 10.9. The molecule has 0 atom stereocenters. The standard InChI is InChI=1S/C13H13Cl2FN2/c1-8-12(6-14)9(2)18(17-8)7-10-5-11(15)3-4-13(10)16/h3-5H,6-7H2,1-2H3. The van der Waals surface area contributed by atoms with Crippen molar-refractivity contribution in [2.24, 2.45) is 0 Å². The summed E-state index contributed by atoms with van der Waals surface area (Å²) in [6.45, 7) is 4.19. The maximum atomic E-state index is 13.7. The van der Waals surface area contributed by atoms with E-state index in [1.165, 1.54) is 12.1 Å². The molecule has 5 heteroatoms. The molecule has 96 valence electrons. The maximum Gasteiger partial charge on any atom is 0.128 e. The number of benzene rings is 1. The van der Waals surface area contributed by atoms with Gasteiger partial charge in [-0.1, -0.05) is 11.6 Å². The number of aromatic nitrogens is 2. The van der Waals surface area contributed by atoms with Gasteiger partial charge in [-0.25, -0.2) is 4.39 Å². The third kappa shape index (κ3) is 2.52. The minimum Gasteiger partial charge on any atom is -0.265 e. The molecule has 0 spiro atoms. The van der Waals surface area contributed by atoms with Gasteiger partial charge in [0.25, 0.3) is 0 Å². The molecule has 0 N–H and O–H groups in total. The first kappa shape index (κ1) is 13.4. The summed E-state index contributed by atoms with van der Waals surface area (Å²) in [6, 6.07) is 4.52. The predicted molar refractivity (Wildman–Crippen MR) is 71.8 cm³/mol. The van der Waals surface area contributed by atoms with Gasteiger partial charge in [-0.05, 0) is 32.0 Å². The first-order chi connectivity index (χ1) is 8.52. The van der Waals surface area contributed by atoms with Gasteiger partial charge in [-0.3, -0.25) is 4.68 Å². The highest BCUT2D eigenvalue weighted by Gasteiger charge is 2.12. The summed E-state index contributed by atoms with van der Waals surface area (Å²) in [5.74, 6) is 0.134. The van der Waals surface area contributed by atoms with Crippen molar-refractivity contribution >= 4 is 23.2 Å². The summed E-state index contributed by atoms with van der Waals surface area (Å²) >= 11 is 11.7. The van der Waals surface area contributed by atoms with Gasteiger partial charge in [-0.2, -0.15) is 5.10 Å². The van der Waals surface area contributed by atoms with Crippen LogP contribution in [-0.2, 0) is 12.4 Å². The van der Waals surface area contributed by atoms with Crippen molar-refractivity contribution in [3.05, 3.63) is 51.6 Å². The van der Waals surface area contributed by atoms with E-state index >= 15 is 0 Å². The highest BCUT2D eigenvalue weighted by atomic mass is 35.5. The van der Waals surface area contributed by atoms with Crippen LogP contribution in [-0.4, -0.2) is 9.78 Å². The molecule has 0 saturated carbocycles. The van der Waals surface area contributed by atoms with E-state index in [4.69, 9.17) is 23.2 Å². The zero-order chi connectivity index (χ0) is 13.3. The van der Waals surface area contributed by atoms with E-state index in [0.29, 0.717) is 23.0 Å². The Morgan fingerprint density at radius 3 is 2.67 bits per heavy atom. The van der Waals surface area contributed by atoms with E-state index < -0.39 is 0 Å². The molecule has 0 bridgehead atoms. The van der Waals surface area contributed by atoms with Gasteiger partial charge in [0, 0.05) is 21.8 Å². The van der Waals surface area contributed by atoms with Crippen molar-refractivity contribution in [3.63, 3.8) is 0 Å². The highest BCUT2D eigenvalue weighted by molar-refractivity contribution is 6.30. The lowest BCUT2D eigenvalue weighted by Gasteiger charge is -2.07. The average Bonchev–Trinajstić information content (AvgIpc) is 2.59. The van der Waals surface area contributed by atoms with Gasteiger partial charge >= 0.3 is 0 Å². The molecule has 0 unspecified atom stereocenters. The van der Waals surface area contributed by atoms with Gasteiger partial charge in [0.2, 0.25) is 0 Å². The third-order valence-corrected chi connectivity index (χ3v) is 3.50. The minimum atomic E-state index is -0.278. The quantitative estimate of drug-likeness (QED) is 0.778. The van der Waals surface area contributed by atoms with Crippen LogP contribution >= 0.6 is 23.2 Å². The second kappa shape index (κ2) is 5.29. The second-order valence-corrected chi connectivity index (χ2v) is 4.88. The average molecular weight is 287 g/mol. The van der Waals surface area contributed by atoms with E-state index in [1.54, 1.807) is 10.7 Å². The molecule has 18 heavy (non-hydrogen) atoms. The summed E-state index contributed by atoms with van der Waals surface area (Å²) < 4.78 is 15.4. The van der Waals surface area contributed by atoms with Crippen LogP contribution in [0.4, 0.5) is 4.39 Å². The SMILES string of the molecule is Cc1nn(Cc2cc(Cl)ccc2F)c(C)c1CCl. The highest BCUT2D eigenvalue weighted by Crippen LogP contribution is 2.19. The van der Waals surface area contributed by atoms with Gasteiger partial charge in [0.1, 0.15) is 5.82 Å². The fraction of sp³-hybridized carbons (Fsp3) is 0.308. The van der Waals surface area contributed by atoms with E-state index in [1.807, 2.05) is 13.8 Å². The molecule has 2 aromatic rings. The van der Waals surface area contributed by atoms with Crippen LogP contribution in [0.5, 0.6) is 0 Å². The summed E-state index contributed by atoms with van der Waals surface area (Å²) in [5, 5.41) is 4.89. The Kier molecular flexibility index (Phi) is 3.93. The number of halogens is 3. The molecule has 1 aromatic heterocycles. The molecule has 1 aromatic carbocycles. The first-order valence-corrected chi connectivity index (χ1v) is 6.47. The Labute approximate surface area is 115 Å². The van der Waals surface area contributed by atoms with E-state index in [9.17, 15) is 4.39 Å².